The fraction of sp³-hybridized carbons (Fsp3) is 0.188. The third kappa shape index (κ3) is 4.08. The molecule has 0 spiro atoms. The molecule has 0 aliphatic rings. The Balaban J connectivity index is 2.07. The summed E-state index contributed by atoms with van der Waals surface area (Å²) in [5.41, 5.74) is -0.492. The first kappa shape index (κ1) is 27.7. The number of rotatable bonds is 9. The molecule has 0 aliphatic carbocycles. The van der Waals surface area contributed by atoms with Gasteiger partial charge < -0.3 is 0 Å². The van der Waals surface area contributed by atoms with Crippen LogP contribution in [-0.2, 0) is 9.47 Å². The molecular formula is C32H36O4P2. The van der Waals surface area contributed by atoms with Crippen molar-refractivity contribution >= 4 is 45.8 Å². The van der Waals surface area contributed by atoms with Crippen LogP contribution < -0.4 is 21.2 Å². The van der Waals surface area contributed by atoms with Crippen LogP contribution in [-0.4, -0.2) is 51.3 Å². The van der Waals surface area contributed by atoms with Crippen molar-refractivity contribution in [2.45, 2.75) is 0 Å². The molecule has 0 N–H and O–H groups in total. The van der Waals surface area contributed by atoms with Crippen molar-refractivity contribution in [2.75, 3.05) is 39.9 Å². The second kappa shape index (κ2) is 10.4. The van der Waals surface area contributed by atoms with Crippen molar-refractivity contribution in [3.8, 4) is 0 Å². The van der Waals surface area contributed by atoms with Crippen LogP contribution in [0.5, 0.6) is 0 Å². The summed E-state index contributed by atoms with van der Waals surface area (Å²) in [6.45, 7) is -3.22. The van der Waals surface area contributed by atoms with Gasteiger partial charge in [0.05, 0.1) is 0 Å². The van der Waals surface area contributed by atoms with Gasteiger partial charge >= 0.3 is 226 Å². The number of hydrogen-bond acceptors (Lipinski definition) is 4. The van der Waals surface area contributed by atoms with E-state index >= 15 is 0 Å². The Morgan fingerprint density at radius 3 is 0.868 bits per heavy atom. The molecule has 4 aromatic carbocycles. The number of hydrogen-bond donors (Lipinski definition) is 0. The zero-order valence-electron chi connectivity index (χ0n) is 22.5. The van der Waals surface area contributed by atoms with Crippen molar-refractivity contribution in [3.05, 3.63) is 121 Å². The second-order valence-electron chi connectivity index (χ2n) is 10.3. The van der Waals surface area contributed by atoms with E-state index < -0.39 is 13.2 Å². The van der Waals surface area contributed by atoms with Gasteiger partial charge in [0.15, 0.2) is 0 Å². The average molecular weight is 547 g/mol. The quantitative estimate of drug-likeness (QED) is 0.235. The molecule has 0 radical (unpaired) electrons. The molecule has 0 aromatic heterocycles. The van der Waals surface area contributed by atoms with Crippen LogP contribution >= 0.6 is 13.2 Å². The van der Waals surface area contributed by atoms with Gasteiger partial charge in [-0.3, -0.25) is 0 Å². The molecule has 38 heavy (non-hydrogen) atoms. The van der Waals surface area contributed by atoms with E-state index in [1.54, 1.807) is 0 Å². The Hall–Kier alpha value is -3.32. The number of carbonyl (C=O) groups is 2. The zero-order valence-corrected chi connectivity index (χ0v) is 24.3. The van der Waals surface area contributed by atoms with Gasteiger partial charge in [-0.15, -0.1) is 0 Å². The van der Waals surface area contributed by atoms with Gasteiger partial charge in [-0.25, -0.2) is 0 Å². The number of ether oxygens (including phenoxy) is 2. The maximum absolute atomic E-state index is 14.2. The monoisotopic (exact) mass is 546 g/mol. The first-order valence-electron chi connectivity index (χ1n) is 12.6. The molecule has 4 nitrogen and oxygen atoms in total. The summed E-state index contributed by atoms with van der Waals surface area (Å²) < 4.78 is 11.3. The van der Waals surface area contributed by atoms with Crippen molar-refractivity contribution in [3.63, 3.8) is 0 Å². The molecule has 4 rings (SSSR count). The van der Waals surface area contributed by atoms with E-state index in [1.165, 1.54) is 14.2 Å². The van der Waals surface area contributed by atoms with E-state index in [4.69, 9.17) is 9.47 Å². The van der Waals surface area contributed by atoms with Gasteiger partial charge in [-0.2, -0.15) is 0 Å². The number of carbonyl (C=O) groups excluding carboxylic acids is 2. The standard InChI is InChI=1S/C32H36O4P2/c1-35-31(33)37(3,27-17-9-5-10-18-27,28-19-11-6-12-20-28)25-26-38(4,32(34)36-2,29-21-13-7-14-22-29)30-23-15-8-16-24-30/h5-24H,25-26H2,1-4H3. The van der Waals surface area contributed by atoms with Crippen molar-refractivity contribution in [1.82, 2.24) is 0 Å². The van der Waals surface area contributed by atoms with Gasteiger partial charge in [0.25, 0.3) is 0 Å². The van der Waals surface area contributed by atoms with E-state index in [1.807, 2.05) is 121 Å². The molecule has 0 heterocycles. The molecule has 4 aromatic rings. The van der Waals surface area contributed by atoms with Crippen LogP contribution in [0.15, 0.2) is 121 Å². The third-order valence-electron chi connectivity index (χ3n) is 8.38. The molecule has 0 fully saturated rings. The van der Waals surface area contributed by atoms with Gasteiger partial charge in [-0.05, 0) is 0 Å². The summed E-state index contributed by atoms with van der Waals surface area (Å²) in [5.74, 6) is 0. The molecule has 198 valence electrons. The Morgan fingerprint density at radius 2 is 0.684 bits per heavy atom. The summed E-state index contributed by atoms with van der Waals surface area (Å²) in [6.07, 6.45) is 0.888. The molecule has 0 bridgehead atoms. The predicted octanol–water partition coefficient (Wildman–Crippen LogP) is 6.19. The minimum atomic E-state index is -3.69. The Labute approximate surface area is 225 Å². The summed E-state index contributed by atoms with van der Waals surface area (Å²) in [5, 5.41) is 3.75. The van der Waals surface area contributed by atoms with Crippen LogP contribution in [0.3, 0.4) is 0 Å². The molecule has 6 heteroatoms. The van der Waals surface area contributed by atoms with Crippen LogP contribution in [0, 0.1) is 0 Å². The number of methoxy groups -OCH3 is 2. The van der Waals surface area contributed by atoms with Gasteiger partial charge in [-0.1, -0.05) is 0 Å². The summed E-state index contributed by atoms with van der Waals surface area (Å²) in [7, 11) is 2.92. The molecule has 0 saturated heterocycles. The first-order valence-corrected chi connectivity index (χ1v) is 18.4. The Morgan fingerprint density at radius 1 is 0.474 bits per heavy atom. The van der Waals surface area contributed by atoms with E-state index in [9.17, 15) is 9.59 Å². The third-order valence-corrected chi connectivity index (χ3v) is 20.5. The number of benzene rings is 4. The predicted molar refractivity (Wildman–Crippen MR) is 165 cm³/mol. The first-order chi connectivity index (χ1) is 18.2. The molecule has 0 atom stereocenters. The van der Waals surface area contributed by atoms with E-state index in [2.05, 4.69) is 13.3 Å². The maximum atomic E-state index is 14.2. The van der Waals surface area contributed by atoms with Crippen molar-refractivity contribution in [2.24, 2.45) is 0 Å². The van der Waals surface area contributed by atoms with Crippen molar-refractivity contribution < 1.29 is 19.1 Å². The van der Waals surface area contributed by atoms with E-state index in [0.717, 1.165) is 21.2 Å². The molecule has 0 aliphatic heterocycles. The van der Waals surface area contributed by atoms with Crippen LogP contribution in [0.25, 0.3) is 0 Å². The SMILES string of the molecule is COC(=O)P(C)(CCP(C)(C(=O)OC)(c1ccccc1)c1ccccc1)(c1ccccc1)c1ccccc1. The van der Waals surface area contributed by atoms with E-state index in [0.29, 0.717) is 12.3 Å². The zero-order chi connectivity index (χ0) is 27.3. The minimum absolute atomic E-state index is 0.246. The average Bonchev–Trinajstić information content (AvgIpc) is 3.00. The molecular weight excluding hydrogens is 510 g/mol. The van der Waals surface area contributed by atoms with Gasteiger partial charge in [0.1, 0.15) is 0 Å². The Kier molecular flexibility index (Phi) is 7.62. The molecule has 0 amide bonds. The normalized spacial score (nSPS) is 13.8. The molecule has 0 unspecified atom stereocenters. The summed E-state index contributed by atoms with van der Waals surface area (Å²) in [6, 6.07) is 39.7. The van der Waals surface area contributed by atoms with E-state index in [-0.39, 0.29) is 11.4 Å². The topological polar surface area (TPSA) is 52.6 Å². The van der Waals surface area contributed by atoms with Gasteiger partial charge in [0.2, 0.25) is 0 Å². The molecule has 0 saturated carbocycles. The fourth-order valence-corrected chi connectivity index (χ4v) is 17.5. The summed E-state index contributed by atoms with van der Waals surface area (Å²) in [4.78, 5) is 28.4. The van der Waals surface area contributed by atoms with Gasteiger partial charge in [0, 0.05) is 0 Å². The fourth-order valence-electron chi connectivity index (χ4n) is 5.74. The Bertz CT molecular complexity index is 1220. The van der Waals surface area contributed by atoms with Crippen LogP contribution in [0.2, 0.25) is 0 Å². The van der Waals surface area contributed by atoms with Crippen LogP contribution in [0.4, 0.5) is 9.59 Å². The van der Waals surface area contributed by atoms with Crippen LogP contribution in [0.1, 0.15) is 0 Å². The van der Waals surface area contributed by atoms with Crippen molar-refractivity contribution in [1.29, 1.82) is 0 Å². The summed E-state index contributed by atoms with van der Waals surface area (Å²) >= 11 is 0. The second-order valence-corrected chi connectivity index (χ2v) is 21.2.